The van der Waals surface area contributed by atoms with E-state index < -0.39 is 0 Å². The average Bonchev–Trinajstić information content (AvgIpc) is 2.33. The van der Waals surface area contributed by atoms with Gasteiger partial charge in [-0.3, -0.25) is 4.90 Å². The molecule has 1 atom stereocenters. The maximum Gasteiger partial charge on any atom is 0.124 e. The highest BCUT2D eigenvalue weighted by Gasteiger charge is 2.22. The summed E-state index contributed by atoms with van der Waals surface area (Å²) in [6.45, 7) is 2.58. The Bertz CT molecular complexity index is 389. The van der Waals surface area contributed by atoms with Gasteiger partial charge >= 0.3 is 0 Å². The first-order valence-electron chi connectivity index (χ1n) is 5.57. The third-order valence-corrected chi connectivity index (χ3v) is 3.30. The summed E-state index contributed by atoms with van der Waals surface area (Å²) in [6.07, 6.45) is 0. The summed E-state index contributed by atoms with van der Waals surface area (Å²) in [6, 6.07) is 4.38. The van der Waals surface area contributed by atoms with Gasteiger partial charge in [0, 0.05) is 18.1 Å². The van der Waals surface area contributed by atoms with Gasteiger partial charge in [0.15, 0.2) is 0 Å². The first-order valence-corrected chi connectivity index (χ1v) is 5.95. The van der Waals surface area contributed by atoms with Crippen LogP contribution < -0.4 is 0 Å². The summed E-state index contributed by atoms with van der Waals surface area (Å²) in [5.74, 6) is -0.334. The van der Waals surface area contributed by atoms with E-state index in [2.05, 4.69) is 4.90 Å². The third-order valence-electron chi connectivity index (χ3n) is 2.95. The molecule has 1 saturated heterocycles. The first kappa shape index (κ1) is 12.8. The van der Waals surface area contributed by atoms with E-state index in [1.54, 1.807) is 6.07 Å². The molecule has 0 aliphatic carbocycles. The van der Waals surface area contributed by atoms with Crippen molar-refractivity contribution in [2.45, 2.75) is 12.6 Å². The summed E-state index contributed by atoms with van der Waals surface area (Å²) < 4.78 is 18.2. The molecule has 0 amide bonds. The Balaban J connectivity index is 2.08. The van der Waals surface area contributed by atoms with E-state index >= 15 is 0 Å². The smallest absolute Gasteiger partial charge is 0.124 e. The van der Waals surface area contributed by atoms with Crippen LogP contribution in [0.5, 0.6) is 0 Å². The molecular weight excluding hydrogens is 245 g/mol. The summed E-state index contributed by atoms with van der Waals surface area (Å²) >= 11 is 5.98. The zero-order valence-corrected chi connectivity index (χ0v) is 10.2. The number of aliphatic hydroxyl groups is 1. The Labute approximate surface area is 105 Å². The number of nitrogens with zero attached hydrogens (tertiary/aromatic N) is 1. The molecule has 1 unspecified atom stereocenters. The molecule has 3 nitrogen and oxygen atoms in total. The van der Waals surface area contributed by atoms with Gasteiger partial charge in [-0.15, -0.1) is 0 Å². The zero-order chi connectivity index (χ0) is 12.3. The monoisotopic (exact) mass is 259 g/mol. The van der Waals surface area contributed by atoms with Crippen LogP contribution in [0.3, 0.4) is 0 Å². The molecule has 0 bridgehead atoms. The second kappa shape index (κ2) is 5.78. The minimum Gasteiger partial charge on any atom is -0.395 e. The van der Waals surface area contributed by atoms with E-state index in [0.717, 1.165) is 12.1 Å². The molecule has 0 radical (unpaired) electrons. The number of hydrogen-bond acceptors (Lipinski definition) is 3. The molecular formula is C12H15ClFNO2. The van der Waals surface area contributed by atoms with E-state index in [-0.39, 0.29) is 18.5 Å². The van der Waals surface area contributed by atoms with Crippen LogP contribution in [0.2, 0.25) is 5.02 Å². The van der Waals surface area contributed by atoms with Crippen molar-refractivity contribution in [3.8, 4) is 0 Å². The van der Waals surface area contributed by atoms with Crippen LogP contribution in [0.1, 0.15) is 5.56 Å². The largest absolute Gasteiger partial charge is 0.395 e. The lowest BCUT2D eigenvalue weighted by Gasteiger charge is -2.34. The average molecular weight is 260 g/mol. The molecule has 0 aromatic heterocycles. The van der Waals surface area contributed by atoms with Gasteiger partial charge in [-0.25, -0.2) is 4.39 Å². The van der Waals surface area contributed by atoms with Crippen LogP contribution in [0, 0.1) is 5.82 Å². The van der Waals surface area contributed by atoms with E-state index in [9.17, 15) is 9.50 Å². The number of rotatable bonds is 3. The van der Waals surface area contributed by atoms with Crippen LogP contribution in [0.25, 0.3) is 0 Å². The minimum absolute atomic E-state index is 0.00938. The molecule has 2 rings (SSSR count). The van der Waals surface area contributed by atoms with Crippen molar-refractivity contribution < 1.29 is 14.2 Å². The Morgan fingerprint density at radius 3 is 3.06 bits per heavy atom. The van der Waals surface area contributed by atoms with Crippen molar-refractivity contribution in [3.63, 3.8) is 0 Å². The number of ether oxygens (including phenoxy) is 1. The molecule has 1 fully saturated rings. The summed E-state index contributed by atoms with van der Waals surface area (Å²) in [5.41, 5.74) is 0.869. The van der Waals surface area contributed by atoms with Crippen LogP contribution in [0.15, 0.2) is 18.2 Å². The highest BCUT2D eigenvalue weighted by atomic mass is 35.5. The lowest BCUT2D eigenvalue weighted by atomic mass is 10.1. The fourth-order valence-electron chi connectivity index (χ4n) is 1.93. The summed E-state index contributed by atoms with van der Waals surface area (Å²) in [4.78, 5) is 2.10. The molecule has 0 saturated carbocycles. The van der Waals surface area contributed by atoms with E-state index in [1.807, 2.05) is 0 Å². The second-order valence-corrected chi connectivity index (χ2v) is 4.52. The Kier molecular flexibility index (Phi) is 4.34. The lowest BCUT2D eigenvalue weighted by Crippen LogP contribution is -2.46. The van der Waals surface area contributed by atoms with E-state index in [0.29, 0.717) is 24.8 Å². The fourth-order valence-corrected chi connectivity index (χ4v) is 2.16. The second-order valence-electron chi connectivity index (χ2n) is 4.12. The number of morpholine rings is 1. The molecule has 1 heterocycles. The Morgan fingerprint density at radius 1 is 1.53 bits per heavy atom. The summed E-state index contributed by atoms with van der Waals surface area (Å²) in [7, 11) is 0. The molecule has 0 spiro atoms. The predicted molar refractivity (Wildman–Crippen MR) is 63.5 cm³/mol. The summed E-state index contributed by atoms with van der Waals surface area (Å²) in [5, 5.41) is 9.66. The molecule has 1 aliphatic heterocycles. The zero-order valence-electron chi connectivity index (χ0n) is 9.40. The van der Waals surface area contributed by atoms with E-state index in [1.165, 1.54) is 12.1 Å². The number of halogens is 2. The van der Waals surface area contributed by atoms with Gasteiger partial charge in [-0.1, -0.05) is 17.7 Å². The van der Waals surface area contributed by atoms with Crippen molar-refractivity contribution in [2.75, 3.05) is 26.4 Å². The molecule has 1 aliphatic rings. The topological polar surface area (TPSA) is 32.7 Å². The van der Waals surface area contributed by atoms with Crippen molar-refractivity contribution in [2.24, 2.45) is 0 Å². The molecule has 94 valence electrons. The van der Waals surface area contributed by atoms with Gasteiger partial charge < -0.3 is 9.84 Å². The number of aliphatic hydroxyl groups excluding tert-OH is 1. The van der Waals surface area contributed by atoms with Crippen LogP contribution in [0.4, 0.5) is 4.39 Å². The van der Waals surface area contributed by atoms with Crippen molar-refractivity contribution in [1.29, 1.82) is 0 Å². The van der Waals surface area contributed by atoms with Gasteiger partial charge in [0.1, 0.15) is 5.82 Å². The molecule has 5 heteroatoms. The molecule has 1 aromatic rings. The van der Waals surface area contributed by atoms with E-state index in [4.69, 9.17) is 16.3 Å². The SMILES string of the molecule is OCC1COCCN1Cc1ccc(F)cc1Cl. The van der Waals surface area contributed by atoms with Gasteiger partial charge in [-0.05, 0) is 17.7 Å². The van der Waals surface area contributed by atoms with Crippen LogP contribution in [-0.4, -0.2) is 42.4 Å². The standard InChI is InChI=1S/C12H15ClFNO2/c13-12-5-10(14)2-1-9(12)6-15-3-4-17-8-11(15)7-16/h1-2,5,11,16H,3-4,6-8H2. The molecule has 1 aromatic carbocycles. The quantitative estimate of drug-likeness (QED) is 0.896. The first-order chi connectivity index (χ1) is 8.20. The Hall–Kier alpha value is -0.680. The third kappa shape index (κ3) is 3.16. The minimum atomic E-state index is -0.334. The van der Waals surface area contributed by atoms with Gasteiger partial charge in [0.2, 0.25) is 0 Å². The highest BCUT2D eigenvalue weighted by molar-refractivity contribution is 6.31. The highest BCUT2D eigenvalue weighted by Crippen LogP contribution is 2.20. The van der Waals surface area contributed by atoms with Gasteiger partial charge in [0.05, 0.1) is 25.9 Å². The number of benzene rings is 1. The predicted octanol–water partition coefficient (Wildman–Crippen LogP) is 1.67. The fraction of sp³-hybridized carbons (Fsp3) is 0.500. The maximum absolute atomic E-state index is 12.9. The normalized spacial score (nSPS) is 21.7. The van der Waals surface area contributed by atoms with Gasteiger partial charge in [-0.2, -0.15) is 0 Å². The molecule has 17 heavy (non-hydrogen) atoms. The lowest BCUT2D eigenvalue weighted by molar-refractivity contribution is -0.0312. The maximum atomic E-state index is 12.9. The van der Waals surface area contributed by atoms with Crippen LogP contribution in [-0.2, 0) is 11.3 Å². The molecule has 1 N–H and O–H groups in total. The number of hydrogen-bond donors (Lipinski definition) is 1. The van der Waals surface area contributed by atoms with Crippen molar-refractivity contribution in [3.05, 3.63) is 34.6 Å². The van der Waals surface area contributed by atoms with Crippen molar-refractivity contribution >= 4 is 11.6 Å². The Morgan fingerprint density at radius 2 is 2.35 bits per heavy atom. The van der Waals surface area contributed by atoms with Gasteiger partial charge in [0.25, 0.3) is 0 Å². The van der Waals surface area contributed by atoms with Crippen LogP contribution >= 0.6 is 11.6 Å². The van der Waals surface area contributed by atoms with Crippen molar-refractivity contribution in [1.82, 2.24) is 4.90 Å².